The fourth-order valence-electron chi connectivity index (χ4n) is 2.41. The SMILES string of the molecule is CC(NC(C)C1CCC1)c1cc(Cl)ccc1Cl. The fraction of sp³-hybridized carbons (Fsp3) is 0.571. The minimum atomic E-state index is 0.247. The summed E-state index contributed by atoms with van der Waals surface area (Å²) >= 11 is 12.2. The zero-order valence-electron chi connectivity index (χ0n) is 10.3. The average Bonchev–Trinajstić information content (AvgIpc) is 2.18. The monoisotopic (exact) mass is 271 g/mol. The van der Waals surface area contributed by atoms with Gasteiger partial charge >= 0.3 is 0 Å². The van der Waals surface area contributed by atoms with Crippen LogP contribution in [0.3, 0.4) is 0 Å². The van der Waals surface area contributed by atoms with Crippen LogP contribution in [0.4, 0.5) is 0 Å². The summed E-state index contributed by atoms with van der Waals surface area (Å²) < 4.78 is 0. The van der Waals surface area contributed by atoms with Gasteiger partial charge in [-0.3, -0.25) is 0 Å². The van der Waals surface area contributed by atoms with Crippen LogP contribution in [-0.4, -0.2) is 6.04 Å². The van der Waals surface area contributed by atoms with Gasteiger partial charge in [0.1, 0.15) is 0 Å². The molecular formula is C14H19Cl2N. The molecule has 0 amide bonds. The van der Waals surface area contributed by atoms with E-state index < -0.39 is 0 Å². The Morgan fingerprint density at radius 1 is 1.24 bits per heavy atom. The van der Waals surface area contributed by atoms with Crippen molar-refractivity contribution in [3.8, 4) is 0 Å². The summed E-state index contributed by atoms with van der Waals surface area (Å²) in [4.78, 5) is 0. The molecule has 1 aromatic rings. The van der Waals surface area contributed by atoms with E-state index in [1.807, 2.05) is 18.2 Å². The highest BCUT2D eigenvalue weighted by atomic mass is 35.5. The number of rotatable bonds is 4. The fourth-order valence-corrected chi connectivity index (χ4v) is 2.87. The van der Waals surface area contributed by atoms with Gasteiger partial charge in [0, 0.05) is 22.1 Å². The maximum absolute atomic E-state index is 6.20. The smallest absolute Gasteiger partial charge is 0.0454 e. The van der Waals surface area contributed by atoms with Crippen molar-refractivity contribution in [1.82, 2.24) is 5.32 Å². The van der Waals surface area contributed by atoms with E-state index in [1.165, 1.54) is 19.3 Å². The average molecular weight is 272 g/mol. The predicted molar refractivity (Wildman–Crippen MR) is 74.8 cm³/mol. The lowest BCUT2D eigenvalue weighted by molar-refractivity contribution is 0.230. The van der Waals surface area contributed by atoms with Gasteiger partial charge < -0.3 is 5.32 Å². The second-order valence-electron chi connectivity index (χ2n) is 5.03. The number of hydrogen-bond acceptors (Lipinski definition) is 1. The highest BCUT2D eigenvalue weighted by Gasteiger charge is 2.25. The van der Waals surface area contributed by atoms with Crippen LogP contribution < -0.4 is 5.32 Å². The molecule has 2 atom stereocenters. The zero-order valence-corrected chi connectivity index (χ0v) is 11.9. The van der Waals surface area contributed by atoms with Crippen molar-refractivity contribution in [3.63, 3.8) is 0 Å². The molecule has 0 aromatic heterocycles. The van der Waals surface area contributed by atoms with Crippen LogP contribution in [0.5, 0.6) is 0 Å². The lowest BCUT2D eigenvalue weighted by Gasteiger charge is -2.34. The standard InChI is InChI=1S/C14H19Cl2N/c1-9(11-4-3-5-11)17-10(2)13-8-12(15)6-7-14(13)16/h6-11,17H,3-5H2,1-2H3. The van der Waals surface area contributed by atoms with Crippen LogP contribution in [0.15, 0.2) is 18.2 Å². The van der Waals surface area contributed by atoms with E-state index in [0.29, 0.717) is 6.04 Å². The van der Waals surface area contributed by atoms with Gasteiger partial charge in [-0.1, -0.05) is 29.6 Å². The molecule has 2 rings (SSSR count). The van der Waals surface area contributed by atoms with Gasteiger partial charge in [0.05, 0.1) is 0 Å². The normalized spacial score (nSPS) is 19.8. The molecule has 1 aliphatic rings. The second-order valence-corrected chi connectivity index (χ2v) is 5.88. The first-order valence-corrected chi connectivity index (χ1v) is 7.04. The van der Waals surface area contributed by atoms with Crippen LogP contribution in [0.1, 0.15) is 44.7 Å². The third-order valence-corrected chi connectivity index (χ3v) is 4.37. The second kappa shape index (κ2) is 5.60. The van der Waals surface area contributed by atoms with E-state index in [9.17, 15) is 0 Å². The molecule has 1 aromatic carbocycles. The van der Waals surface area contributed by atoms with Gasteiger partial charge in [0.15, 0.2) is 0 Å². The van der Waals surface area contributed by atoms with Crippen molar-refractivity contribution in [2.75, 3.05) is 0 Å². The summed E-state index contributed by atoms with van der Waals surface area (Å²) in [7, 11) is 0. The highest BCUT2D eigenvalue weighted by Crippen LogP contribution is 2.32. The highest BCUT2D eigenvalue weighted by molar-refractivity contribution is 6.33. The quantitative estimate of drug-likeness (QED) is 0.827. The van der Waals surface area contributed by atoms with Gasteiger partial charge in [0.25, 0.3) is 0 Å². The molecule has 3 heteroatoms. The van der Waals surface area contributed by atoms with Crippen molar-refractivity contribution in [1.29, 1.82) is 0 Å². The Morgan fingerprint density at radius 3 is 2.53 bits per heavy atom. The van der Waals surface area contributed by atoms with Crippen molar-refractivity contribution in [3.05, 3.63) is 33.8 Å². The molecule has 2 unspecified atom stereocenters. The summed E-state index contributed by atoms with van der Waals surface area (Å²) in [5.74, 6) is 0.829. The van der Waals surface area contributed by atoms with Crippen LogP contribution in [-0.2, 0) is 0 Å². The number of benzene rings is 1. The Kier molecular flexibility index (Phi) is 4.35. The van der Waals surface area contributed by atoms with Crippen LogP contribution in [0.25, 0.3) is 0 Å². The van der Waals surface area contributed by atoms with Crippen LogP contribution in [0.2, 0.25) is 10.0 Å². The zero-order chi connectivity index (χ0) is 12.4. The van der Waals surface area contributed by atoms with E-state index in [2.05, 4.69) is 19.2 Å². The minimum absolute atomic E-state index is 0.247. The molecule has 0 radical (unpaired) electrons. The first-order chi connectivity index (χ1) is 8.08. The Balaban J connectivity index is 2.02. The van der Waals surface area contributed by atoms with E-state index in [1.54, 1.807) is 0 Å². The molecule has 0 saturated heterocycles. The van der Waals surface area contributed by atoms with E-state index >= 15 is 0 Å². The Bertz CT molecular complexity index is 388. The molecule has 1 nitrogen and oxygen atoms in total. The molecule has 94 valence electrons. The minimum Gasteiger partial charge on any atom is -0.307 e. The molecular weight excluding hydrogens is 253 g/mol. The topological polar surface area (TPSA) is 12.0 Å². The molecule has 1 N–H and O–H groups in total. The molecule has 0 aliphatic heterocycles. The van der Waals surface area contributed by atoms with E-state index in [0.717, 1.165) is 21.5 Å². The Hall–Kier alpha value is -0.240. The van der Waals surface area contributed by atoms with E-state index in [4.69, 9.17) is 23.2 Å². The maximum Gasteiger partial charge on any atom is 0.0454 e. The van der Waals surface area contributed by atoms with Gasteiger partial charge in [-0.25, -0.2) is 0 Å². The lowest BCUT2D eigenvalue weighted by atomic mass is 9.80. The Morgan fingerprint density at radius 2 is 1.94 bits per heavy atom. The van der Waals surface area contributed by atoms with Gasteiger partial charge in [-0.15, -0.1) is 0 Å². The summed E-state index contributed by atoms with van der Waals surface area (Å²) in [5.41, 5.74) is 1.09. The first kappa shape index (κ1) is 13.2. The molecule has 0 bridgehead atoms. The molecule has 1 aliphatic carbocycles. The number of nitrogens with one attached hydrogen (secondary N) is 1. The van der Waals surface area contributed by atoms with Gasteiger partial charge in [-0.2, -0.15) is 0 Å². The summed E-state index contributed by atoms with van der Waals surface area (Å²) in [6, 6.07) is 6.45. The van der Waals surface area contributed by atoms with Crippen molar-refractivity contribution >= 4 is 23.2 Å². The molecule has 0 heterocycles. The lowest BCUT2D eigenvalue weighted by Crippen LogP contribution is -2.38. The van der Waals surface area contributed by atoms with Gasteiger partial charge in [-0.05, 0) is 56.4 Å². The van der Waals surface area contributed by atoms with Crippen molar-refractivity contribution in [2.45, 2.75) is 45.2 Å². The van der Waals surface area contributed by atoms with E-state index in [-0.39, 0.29) is 6.04 Å². The first-order valence-electron chi connectivity index (χ1n) is 6.29. The van der Waals surface area contributed by atoms with Crippen molar-refractivity contribution < 1.29 is 0 Å². The summed E-state index contributed by atoms with van der Waals surface area (Å²) in [6.07, 6.45) is 4.08. The molecule has 0 spiro atoms. The van der Waals surface area contributed by atoms with Gasteiger partial charge in [0.2, 0.25) is 0 Å². The largest absolute Gasteiger partial charge is 0.307 e. The number of hydrogen-bond donors (Lipinski definition) is 1. The summed E-state index contributed by atoms with van der Waals surface area (Å²) in [5, 5.41) is 5.16. The third kappa shape index (κ3) is 3.15. The van der Waals surface area contributed by atoms with Crippen LogP contribution in [0, 0.1) is 5.92 Å². The predicted octanol–water partition coefficient (Wildman–Crippen LogP) is 4.83. The van der Waals surface area contributed by atoms with Crippen LogP contribution >= 0.6 is 23.2 Å². The molecule has 1 fully saturated rings. The molecule has 1 saturated carbocycles. The molecule has 17 heavy (non-hydrogen) atoms. The number of halogens is 2. The maximum atomic E-state index is 6.20. The Labute approximate surface area is 114 Å². The third-order valence-electron chi connectivity index (χ3n) is 3.79. The summed E-state index contributed by atoms with van der Waals surface area (Å²) in [6.45, 7) is 4.41. The van der Waals surface area contributed by atoms with Crippen molar-refractivity contribution in [2.24, 2.45) is 5.92 Å².